The molecule has 0 radical (unpaired) electrons. The van der Waals surface area contributed by atoms with Crippen LogP contribution in [-0.4, -0.2) is 12.4 Å². The van der Waals surface area contributed by atoms with Gasteiger partial charge < -0.3 is 5.73 Å². The van der Waals surface area contributed by atoms with Crippen LogP contribution < -0.4 is 5.73 Å². The van der Waals surface area contributed by atoms with Crippen LogP contribution in [0.4, 0.5) is 0 Å². The topological polar surface area (TPSA) is 26.0 Å². The lowest BCUT2D eigenvalue weighted by Crippen LogP contribution is -1.97. The number of hydrogen-bond donors (Lipinski definition) is 1. The molecule has 0 bridgehead atoms. The highest BCUT2D eigenvalue weighted by Crippen LogP contribution is 2.24. The Bertz CT molecular complexity index is 258. The quantitative estimate of drug-likeness (QED) is 0.690. The van der Waals surface area contributed by atoms with Gasteiger partial charge in [-0.15, -0.1) is 0 Å². The molecule has 0 amide bonds. The Balaban J connectivity index is 0.000000396. The number of nitrogens with two attached hydrogens (primary N) is 1. The predicted molar refractivity (Wildman–Crippen MR) is 61.1 cm³/mol. The normalized spacial score (nSPS) is 14.3. The Hall–Kier alpha value is -0.730. The molecule has 1 aromatic carbocycles. The zero-order valence-electron chi connectivity index (χ0n) is 7.86. The van der Waals surface area contributed by atoms with Crippen molar-refractivity contribution >= 4 is 17.6 Å². The fraction of sp³-hybridized carbons (Fsp3) is 0.364. The van der Waals surface area contributed by atoms with E-state index in [0.717, 1.165) is 12.8 Å². The summed E-state index contributed by atoms with van der Waals surface area (Å²) in [6.45, 7) is 0. The van der Waals surface area contributed by atoms with E-state index in [1.807, 2.05) is 5.37 Å². The van der Waals surface area contributed by atoms with E-state index in [-0.39, 0.29) is 0 Å². The fourth-order valence-corrected chi connectivity index (χ4v) is 1.88. The van der Waals surface area contributed by atoms with E-state index in [0.29, 0.717) is 5.92 Å². The Morgan fingerprint density at radius 3 is 2.08 bits per heavy atom. The molecule has 0 heterocycles. The van der Waals surface area contributed by atoms with E-state index < -0.39 is 0 Å². The smallest absolute Gasteiger partial charge is 0.00474 e. The average molecular weight is 193 g/mol. The lowest BCUT2D eigenvalue weighted by atomic mass is 10.1. The Kier molecular flexibility index (Phi) is 4.06. The Labute approximate surface area is 85.0 Å². The third-order valence-corrected chi connectivity index (χ3v) is 2.66. The summed E-state index contributed by atoms with van der Waals surface area (Å²) < 4.78 is 0. The number of rotatable bonds is 1. The molecule has 2 N–H and O–H groups in total. The van der Waals surface area contributed by atoms with Gasteiger partial charge in [-0.1, -0.05) is 36.5 Å². The second-order valence-electron chi connectivity index (χ2n) is 3.07. The van der Waals surface area contributed by atoms with Crippen molar-refractivity contribution in [2.75, 3.05) is 7.05 Å². The lowest BCUT2D eigenvalue weighted by Gasteiger charge is -1.95. The Morgan fingerprint density at radius 2 is 1.69 bits per heavy atom. The van der Waals surface area contributed by atoms with Crippen molar-refractivity contribution in [3.63, 3.8) is 0 Å². The summed E-state index contributed by atoms with van der Waals surface area (Å²) in [7, 11) is 1.50. The van der Waals surface area contributed by atoms with Crippen molar-refractivity contribution < 1.29 is 0 Å². The van der Waals surface area contributed by atoms with Crippen LogP contribution in [-0.2, 0) is 12.8 Å². The highest BCUT2D eigenvalue weighted by molar-refractivity contribution is 7.79. The molecule has 0 aliphatic heterocycles. The van der Waals surface area contributed by atoms with Gasteiger partial charge in [0, 0.05) is 0 Å². The first-order valence-electron chi connectivity index (χ1n) is 4.50. The summed E-state index contributed by atoms with van der Waals surface area (Å²) in [4.78, 5) is 0. The maximum atomic E-state index is 4.93. The number of fused-ring (bicyclic) bond motifs is 1. The van der Waals surface area contributed by atoms with Crippen LogP contribution >= 0.6 is 12.2 Å². The number of thiocarbonyl (C=S) groups is 1. The zero-order valence-corrected chi connectivity index (χ0v) is 8.68. The van der Waals surface area contributed by atoms with Crippen molar-refractivity contribution in [2.45, 2.75) is 12.8 Å². The minimum absolute atomic E-state index is 0.613. The van der Waals surface area contributed by atoms with Crippen LogP contribution in [0.25, 0.3) is 0 Å². The SMILES string of the molecule is CN.S=CC1Cc2ccccc2C1. The van der Waals surface area contributed by atoms with Gasteiger partial charge in [0.15, 0.2) is 0 Å². The Morgan fingerprint density at radius 1 is 1.23 bits per heavy atom. The molecule has 0 unspecified atom stereocenters. The molecule has 0 fully saturated rings. The van der Waals surface area contributed by atoms with Crippen LogP contribution in [0.5, 0.6) is 0 Å². The van der Waals surface area contributed by atoms with Crippen molar-refractivity contribution in [1.82, 2.24) is 0 Å². The molecule has 0 saturated carbocycles. The molecule has 0 spiro atoms. The third-order valence-electron chi connectivity index (χ3n) is 2.28. The van der Waals surface area contributed by atoms with Gasteiger partial charge >= 0.3 is 0 Å². The molecule has 1 aromatic rings. The van der Waals surface area contributed by atoms with Crippen LogP contribution in [0.3, 0.4) is 0 Å². The minimum Gasteiger partial charge on any atom is -0.333 e. The summed E-state index contributed by atoms with van der Waals surface area (Å²) in [5, 5.41) is 1.90. The predicted octanol–water partition coefficient (Wildman–Crippen LogP) is 1.98. The lowest BCUT2D eigenvalue weighted by molar-refractivity contribution is 0.774. The molecule has 2 rings (SSSR count). The van der Waals surface area contributed by atoms with Crippen LogP contribution in [0.2, 0.25) is 0 Å². The molecule has 1 nitrogen and oxygen atoms in total. The van der Waals surface area contributed by atoms with E-state index in [9.17, 15) is 0 Å². The fourth-order valence-electron chi connectivity index (χ4n) is 1.69. The number of hydrogen-bond acceptors (Lipinski definition) is 2. The molecule has 1 aliphatic carbocycles. The van der Waals surface area contributed by atoms with Gasteiger partial charge in [-0.05, 0) is 42.3 Å². The molecule has 2 heteroatoms. The second-order valence-corrected chi connectivity index (χ2v) is 3.35. The molecule has 1 aliphatic rings. The summed E-state index contributed by atoms with van der Waals surface area (Å²) >= 11 is 4.93. The standard InChI is InChI=1S/C10H10S.CH5N/c11-7-8-5-9-3-1-2-4-10(9)6-8;1-2/h1-4,7-8H,5-6H2;2H2,1H3. The van der Waals surface area contributed by atoms with Crippen LogP contribution in [0.1, 0.15) is 11.1 Å². The summed E-state index contributed by atoms with van der Waals surface area (Å²) in [6.07, 6.45) is 2.30. The van der Waals surface area contributed by atoms with E-state index in [1.165, 1.54) is 18.2 Å². The summed E-state index contributed by atoms with van der Waals surface area (Å²) in [5.74, 6) is 0.613. The van der Waals surface area contributed by atoms with E-state index in [2.05, 4.69) is 30.0 Å². The molecular weight excluding hydrogens is 178 g/mol. The van der Waals surface area contributed by atoms with Gasteiger partial charge in [0.2, 0.25) is 0 Å². The van der Waals surface area contributed by atoms with Gasteiger partial charge in [-0.2, -0.15) is 0 Å². The maximum absolute atomic E-state index is 4.93. The zero-order chi connectivity index (χ0) is 9.68. The van der Waals surface area contributed by atoms with Crippen LogP contribution in [0.15, 0.2) is 24.3 Å². The molecule has 0 atom stereocenters. The first-order chi connectivity index (χ1) is 6.40. The van der Waals surface area contributed by atoms with E-state index >= 15 is 0 Å². The monoisotopic (exact) mass is 193 g/mol. The summed E-state index contributed by atoms with van der Waals surface area (Å²) in [6, 6.07) is 8.61. The molecule has 70 valence electrons. The van der Waals surface area contributed by atoms with Gasteiger partial charge in [0.05, 0.1) is 0 Å². The van der Waals surface area contributed by atoms with Gasteiger partial charge in [0.25, 0.3) is 0 Å². The first-order valence-corrected chi connectivity index (χ1v) is 4.97. The van der Waals surface area contributed by atoms with Crippen molar-refractivity contribution in [3.8, 4) is 0 Å². The third kappa shape index (κ3) is 2.36. The highest BCUT2D eigenvalue weighted by atomic mass is 32.1. The van der Waals surface area contributed by atoms with Crippen molar-refractivity contribution in [2.24, 2.45) is 11.7 Å². The van der Waals surface area contributed by atoms with Gasteiger partial charge in [-0.25, -0.2) is 0 Å². The first kappa shape index (κ1) is 10.4. The van der Waals surface area contributed by atoms with Crippen molar-refractivity contribution in [1.29, 1.82) is 0 Å². The molecule has 0 saturated heterocycles. The van der Waals surface area contributed by atoms with Crippen molar-refractivity contribution in [3.05, 3.63) is 35.4 Å². The van der Waals surface area contributed by atoms with Gasteiger partial charge in [-0.3, -0.25) is 0 Å². The largest absolute Gasteiger partial charge is 0.333 e. The minimum atomic E-state index is 0.613. The highest BCUT2D eigenvalue weighted by Gasteiger charge is 2.17. The molecule has 13 heavy (non-hydrogen) atoms. The van der Waals surface area contributed by atoms with E-state index in [4.69, 9.17) is 12.2 Å². The molecule has 0 aromatic heterocycles. The van der Waals surface area contributed by atoms with E-state index in [1.54, 1.807) is 0 Å². The summed E-state index contributed by atoms with van der Waals surface area (Å²) in [5.41, 5.74) is 7.47. The number of benzene rings is 1. The second kappa shape index (κ2) is 5.10. The van der Waals surface area contributed by atoms with Gasteiger partial charge in [0.1, 0.15) is 0 Å². The average Bonchev–Trinajstić information content (AvgIpc) is 2.63. The maximum Gasteiger partial charge on any atom is -0.00474 e. The molecular formula is C11H15NS. The van der Waals surface area contributed by atoms with Crippen LogP contribution in [0, 0.1) is 5.92 Å².